The average molecular weight is 269 g/mol. The van der Waals surface area contributed by atoms with Gasteiger partial charge in [0.2, 0.25) is 0 Å². The van der Waals surface area contributed by atoms with E-state index in [0.29, 0.717) is 0 Å². The summed E-state index contributed by atoms with van der Waals surface area (Å²) in [5.74, 6) is -1.01. The van der Waals surface area contributed by atoms with Crippen LogP contribution in [-0.4, -0.2) is 25.4 Å². The zero-order valence-electron chi connectivity index (χ0n) is 11.6. The van der Waals surface area contributed by atoms with Gasteiger partial charge in [0.15, 0.2) is 5.69 Å². The van der Waals surface area contributed by atoms with Crippen LogP contribution in [0.15, 0.2) is 30.3 Å². The topological polar surface area (TPSA) is 60.0 Å². The van der Waals surface area contributed by atoms with E-state index in [1.807, 2.05) is 7.05 Å². The summed E-state index contributed by atoms with van der Waals surface area (Å²) in [6, 6.07) is 9.91. The Balaban J connectivity index is 2.24. The Hall–Kier alpha value is -2.56. The van der Waals surface area contributed by atoms with E-state index < -0.39 is 5.97 Å². The lowest BCUT2D eigenvalue weighted by molar-refractivity contribution is 0.0689. The molecule has 0 aliphatic heterocycles. The number of rotatable bonds is 2. The number of aromatic nitrogens is 3. The third kappa shape index (κ3) is 1.79. The molecule has 5 nitrogen and oxygen atoms in total. The van der Waals surface area contributed by atoms with Crippen molar-refractivity contribution in [3.05, 3.63) is 41.6 Å². The predicted octanol–water partition coefficient (Wildman–Crippen LogP) is 2.59. The largest absolute Gasteiger partial charge is 0.476 e. The first-order valence-corrected chi connectivity index (χ1v) is 6.31. The van der Waals surface area contributed by atoms with Crippen molar-refractivity contribution in [1.29, 1.82) is 0 Å². The normalized spacial score (nSPS) is 11.2. The molecule has 0 unspecified atom stereocenters. The van der Waals surface area contributed by atoms with Crippen LogP contribution in [0.4, 0.5) is 0 Å². The number of aromatic carboxylic acids is 1. The van der Waals surface area contributed by atoms with Crippen LogP contribution in [0.2, 0.25) is 0 Å². The summed E-state index contributed by atoms with van der Waals surface area (Å²) in [5.41, 5.74) is 4.12. The Bertz CT molecular complexity index is 827. The quantitative estimate of drug-likeness (QED) is 0.778. The van der Waals surface area contributed by atoms with Crippen molar-refractivity contribution < 1.29 is 9.90 Å². The van der Waals surface area contributed by atoms with E-state index in [1.54, 1.807) is 17.8 Å². The molecular weight excluding hydrogens is 254 g/mol. The smallest absolute Gasteiger partial charge is 0.356 e. The fourth-order valence-electron chi connectivity index (χ4n) is 2.50. The van der Waals surface area contributed by atoms with E-state index in [4.69, 9.17) is 5.11 Å². The molecule has 0 amide bonds. The predicted molar refractivity (Wildman–Crippen MR) is 76.8 cm³/mol. The second kappa shape index (κ2) is 4.23. The zero-order chi connectivity index (χ0) is 14.4. The molecule has 3 rings (SSSR count). The Morgan fingerprint density at radius 3 is 2.55 bits per heavy atom. The van der Waals surface area contributed by atoms with E-state index in [1.165, 1.54) is 5.56 Å². The molecule has 0 atom stereocenters. The monoisotopic (exact) mass is 269 g/mol. The number of aryl methyl sites for hydroxylation is 3. The van der Waals surface area contributed by atoms with E-state index in [0.717, 1.165) is 22.3 Å². The Morgan fingerprint density at radius 1 is 1.15 bits per heavy atom. The third-order valence-corrected chi connectivity index (χ3v) is 3.56. The van der Waals surface area contributed by atoms with Crippen molar-refractivity contribution in [2.24, 2.45) is 14.1 Å². The molecule has 0 bridgehead atoms. The second-order valence-corrected chi connectivity index (χ2v) is 4.99. The molecule has 2 heterocycles. The lowest BCUT2D eigenvalue weighted by atomic mass is 10.2. The molecule has 0 saturated heterocycles. The highest BCUT2D eigenvalue weighted by Crippen LogP contribution is 2.28. The van der Waals surface area contributed by atoms with Crippen LogP contribution in [0.5, 0.6) is 0 Å². The van der Waals surface area contributed by atoms with Gasteiger partial charge in [-0.25, -0.2) is 4.79 Å². The minimum Gasteiger partial charge on any atom is -0.476 e. The van der Waals surface area contributed by atoms with Gasteiger partial charge in [0.25, 0.3) is 0 Å². The number of nitrogens with zero attached hydrogens (tertiary/aromatic N) is 3. The molecule has 0 aliphatic rings. The molecular formula is C15H15N3O2. The molecule has 3 aromatic rings. The first-order chi connectivity index (χ1) is 9.47. The number of carboxylic acid groups (broad SMARTS) is 1. The summed E-state index contributed by atoms with van der Waals surface area (Å²) in [7, 11) is 3.73. The number of hydrogen-bond donors (Lipinski definition) is 1. The van der Waals surface area contributed by atoms with Crippen LogP contribution in [-0.2, 0) is 14.1 Å². The maximum atomic E-state index is 11.0. The lowest BCUT2D eigenvalue weighted by Gasteiger charge is -2.04. The molecule has 0 radical (unpaired) electrons. The summed E-state index contributed by atoms with van der Waals surface area (Å²) in [6.45, 7) is 2.05. The molecule has 1 aromatic carbocycles. The van der Waals surface area contributed by atoms with Crippen LogP contribution >= 0.6 is 0 Å². The van der Waals surface area contributed by atoms with Crippen molar-refractivity contribution in [3.63, 3.8) is 0 Å². The molecule has 102 valence electrons. The van der Waals surface area contributed by atoms with Gasteiger partial charge in [-0.05, 0) is 24.6 Å². The van der Waals surface area contributed by atoms with Gasteiger partial charge >= 0.3 is 5.97 Å². The highest BCUT2D eigenvalue weighted by Gasteiger charge is 2.16. The Morgan fingerprint density at radius 2 is 1.90 bits per heavy atom. The van der Waals surface area contributed by atoms with Crippen LogP contribution in [0, 0.1) is 6.92 Å². The number of carboxylic acids is 1. The van der Waals surface area contributed by atoms with Gasteiger partial charge in [-0.3, -0.25) is 4.68 Å². The van der Waals surface area contributed by atoms with Crippen molar-refractivity contribution in [2.45, 2.75) is 6.92 Å². The van der Waals surface area contributed by atoms with Crippen molar-refractivity contribution >= 4 is 16.9 Å². The summed E-state index contributed by atoms with van der Waals surface area (Å²) in [6.07, 6.45) is 0. The summed E-state index contributed by atoms with van der Waals surface area (Å²) in [5, 5.41) is 14.2. The maximum absolute atomic E-state index is 11.0. The van der Waals surface area contributed by atoms with E-state index in [9.17, 15) is 4.79 Å². The SMILES string of the molecule is Cc1ccc2cc(-c3cc(C(=O)O)nn3C)n(C)c2c1. The molecule has 0 aliphatic carbocycles. The van der Waals surface area contributed by atoms with E-state index in [2.05, 4.69) is 40.9 Å². The number of hydrogen-bond acceptors (Lipinski definition) is 2. The molecule has 0 fully saturated rings. The van der Waals surface area contributed by atoms with Gasteiger partial charge < -0.3 is 9.67 Å². The summed E-state index contributed by atoms with van der Waals surface area (Å²) in [4.78, 5) is 11.0. The highest BCUT2D eigenvalue weighted by molar-refractivity contribution is 5.89. The van der Waals surface area contributed by atoms with Gasteiger partial charge in [-0.2, -0.15) is 5.10 Å². The number of carbonyl (C=O) groups is 1. The Labute approximate surface area is 116 Å². The standard InChI is InChI=1S/C15H15N3O2/c1-9-4-5-10-7-13(17(2)12(10)6-9)14-8-11(15(19)20)16-18(14)3/h4-8H,1-3H3,(H,19,20). The molecule has 1 N–H and O–H groups in total. The van der Waals surface area contributed by atoms with Crippen molar-refractivity contribution in [1.82, 2.24) is 14.3 Å². The van der Waals surface area contributed by atoms with E-state index >= 15 is 0 Å². The van der Waals surface area contributed by atoms with Gasteiger partial charge in [-0.15, -0.1) is 0 Å². The van der Waals surface area contributed by atoms with Crippen LogP contribution in [0.25, 0.3) is 22.3 Å². The van der Waals surface area contributed by atoms with Gasteiger partial charge in [0.05, 0.1) is 11.4 Å². The minimum absolute atomic E-state index is 0.0592. The summed E-state index contributed by atoms with van der Waals surface area (Å²) < 4.78 is 3.66. The van der Waals surface area contributed by atoms with Crippen molar-refractivity contribution in [2.75, 3.05) is 0 Å². The van der Waals surface area contributed by atoms with Gasteiger partial charge in [-0.1, -0.05) is 12.1 Å². The summed E-state index contributed by atoms with van der Waals surface area (Å²) >= 11 is 0. The Kier molecular flexibility index (Phi) is 2.64. The maximum Gasteiger partial charge on any atom is 0.356 e. The number of fused-ring (bicyclic) bond motifs is 1. The van der Waals surface area contributed by atoms with Gasteiger partial charge in [0, 0.05) is 31.1 Å². The average Bonchev–Trinajstić information content (AvgIpc) is 2.92. The lowest BCUT2D eigenvalue weighted by Crippen LogP contribution is -2.00. The van der Waals surface area contributed by atoms with Crippen LogP contribution < -0.4 is 0 Å². The zero-order valence-corrected chi connectivity index (χ0v) is 11.6. The van der Waals surface area contributed by atoms with Crippen LogP contribution in [0.3, 0.4) is 0 Å². The third-order valence-electron chi connectivity index (χ3n) is 3.56. The van der Waals surface area contributed by atoms with Gasteiger partial charge in [0.1, 0.15) is 0 Å². The fourth-order valence-corrected chi connectivity index (χ4v) is 2.50. The van der Waals surface area contributed by atoms with E-state index in [-0.39, 0.29) is 5.69 Å². The molecule has 5 heteroatoms. The molecule has 0 saturated carbocycles. The first kappa shape index (κ1) is 12.5. The fraction of sp³-hybridized carbons (Fsp3) is 0.200. The minimum atomic E-state index is -1.01. The number of benzene rings is 1. The highest BCUT2D eigenvalue weighted by atomic mass is 16.4. The molecule has 0 spiro atoms. The van der Waals surface area contributed by atoms with Crippen molar-refractivity contribution in [3.8, 4) is 11.4 Å². The second-order valence-electron chi connectivity index (χ2n) is 4.99. The van der Waals surface area contributed by atoms with Crippen LogP contribution in [0.1, 0.15) is 16.1 Å². The molecule has 20 heavy (non-hydrogen) atoms. The first-order valence-electron chi connectivity index (χ1n) is 6.31. The molecule has 2 aromatic heterocycles.